The number of aryl methyl sites for hydroxylation is 1. The van der Waals surface area contributed by atoms with Gasteiger partial charge in [0.05, 0.1) is 6.10 Å². The Balaban J connectivity index is 1.80. The molecule has 0 radical (unpaired) electrons. The molecule has 3 rings (SSSR count). The fourth-order valence-corrected chi connectivity index (χ4v) is 3.05. The number of nitrogens with zero attached hydrogens (tertiary/aromatic N) is 2. The zero-order valence-electron chi connectivity index (χ0n) is 11.1. The predicted molar refractivity (Wildman–Crippen MR) is 70.6 cm³/mol. The first-order valence-electron chi connectivity index (χ1n) is 7.26. The Labute approximate surface area is 109 Å². The van der Waals surface area contributed by atoms with Gasteiger partial charge in [0.2, 0.25) is 0 Å². The van der Waals surface area contributed by atoms with E-state index in [0.29, 0.717) is 11.8 Å². The van der Waals surface area contributed by atoms with Gasteiger partial charge in [0.1, 0.15) is 5.82 Å². The van der Waals surface area contributed by atoms with Crippen molar-refractivity contribution in [3.8, 4) is 0 Å². The van der Waals surface area contributed by atoms with E-state index in [2.05, 4.69) is 18.0 Å². The first-order valence-corrected chi connectivity index (χ1v) is 7.26. The van der Waals surface area contributed by atoms with Crippen molar-refractivity contribution in [2.75, 3.05) is 0 Å². The molecule has 0 spiro atoms. The van der Waals surface area contributed by atoms with Crippen LogP contribution < -0.4 is 0 Å². The number of hydrogen-bond acceptors (Lipinski definition) is 3. The number of aromatic nitrogens is 2. The maximum Gasteiger partial charge on any atom is 0.131 e. The smallest absolute Gasteiger partial charge is 0.131 e. The van der Waals surface area contributed by atoms with Gasteiger partial charge in [0.15, 0.2) is 0 Å². The van der Waals surface area contributed by atoms with Gasteiger partial charge in [-0.15, -0.1) is 0 Å². The van der Waals surface area contributed by atoms with Crippen molar-refractivity contribution in [3.63, 3.8) is 0 Å². The summed E-state index contributed by atoms with van der Waals surface area (Å²) in [7, 11) is 0. The van der Waals surface area contributed by atoms with Crippen molar-refractivity contribution >= 4 is 0 Å². The SMILES string of the molecule is Cc1cc(C2CCC2)nc(C2CCC(O)CC2)n1. The van der Waals surface area contributed by atoms with Crippen LogP contribution in [0.5, 0.6) is 0 Å². The standard InChI is InChI=1S/C15H22N2O/c1-10-9-14(11-3-2-4-11)17-15(16-10)12-5-7-13(18)8-6-12/h9,11-13,18H,2-8H2,1H3. The monoisotopic (exact) mass is 246 g/mol. The first kappa shape index (κ1) is 12.1. The highest BCUT2D eigenvalue weighted by atomic mass is 16.3. The van der Waals surface area contributed by atoms with Crippen molar-refractivity contribution in [1.82, 2.24) is 9.97 Å². The Kier molecular flexibility index (Phi) is 3.33. The van der Waals surface area contributed by atoms with Crippen LogP contribution >= 0.6 is 0 Å². The average molecular weight is 246 g/mol. The normalized spacial score (nSPS) is 29.0. The van der Waals surface area contributed by atoms with Crippen molar-refractivity contribution in [3.05, 3.63) is 23.3 Å². The van der Waals surface area contributed by atoms with E-state index in [0.717, 1.165) is 37.2 Å². The van der Waals surface area contributed by atoms with E-state index in [1.807, 2.05) is 0 Å². The van der Waals surface area contributed by atoms with Crippen molar-refractivity contribution in [1.29, 1.82) is 0 Å². The molecule has 0 atom stereocenters. The third-order valence-electron chi connectivity index (χ3n) is 4.48. The van der Waals surface area contributed by atoms with Gasteiger partial charge in [-0.05, 0) is 51.5 Å². The number of aliphatic hydroxyl groups excluding tert-OH is 1. The molecular formula is C15H22N2O. The van der Waals surface area contributed by atoms with Crippen molar-refractivity contribution in [2.45, 2.75) is 69.8 Å². The summed E-state index contributed by atoms with van der Waals surface area (Å²) in [6.07, 6.45) is 7.71. The largest absolute Gasteiger partial charge is 0.393 e. The highest BCUT2D eigenvalue weighted by Gasteiger charge is 2.26. The summed E-state index contributed by atoms with van der Waals surface area (Å²) in [5.41, 5.74) is 2.36. The van der Waals surface area contributed by atoms with Crippen LogP contribution in [-0.2, 0) is 0 Å². The molecule has 0 amide bonds. The zero-order chi connectivity index (χ0) is 12.5. The first-order chi connectivity index (χ1) is 8.72. The highest BCUT2D eigenvalue weighted by molar-refractivity contribution is 5.18. The fraction of sp³-hybridized carbons (Fsp3) is 0.733. The predicted octanol–water partition coefficient (Wildman–Crippen LogP) is 3.07. The average Bonchev–Trinajstić information content (AvgIpc) is 2.26. The second-order valence-corrected chi connectivity index (χ2v) is 5.93. The lowest BCUT2D eigenvalue weighted by Crippen LogP contribution is -2.20. The maximum atomic E-state index is 9.58. The Bertz CT molecular complexity index is 421. The van der Waals surface area contributed by atoms with Crippen LogP contribution in [0, 0.1) is 6.92 Å². The highest BCUT2D eigenvalue weighted by Crippen LogP contribution is 2.37. The van der Waals surface area contributed by atoms with Gasteiger partial charge in [-0.1, -0.05) is 6.42 Å². The van der Waals surface area contributed by atoms with Crippen LogP contribution in [0.25, 0.3) is 0 Å². The molecule has 98 valence electrons. The summed E-state index contributed by atoms with van der Waals surface area (Å²) in [4.78, 5) is 9.44. The van der Waals surface area contributed by atoms with E-state index in [1.165, 1.54) is 25.0 Å². The van der Waals surface area contributed by atoms with Crippen LogP contribution in [0.2, 0.25) is 0 Å². The molecule has 0 aliphatic heterocycles. The maximum absolute atomic E-state index is 9.58. The molecule has 2 saturated carbocycles. The van der Waals surface area contributed by atoms with E-state index in [4.69, 9.17) is 4.98 Å². The lowest BCUT2D eigenvalue weighted by atomic mass is 9.82. The van der Waals surface area contributed by atoms with Crippen LogP contribution in [0.1, 0.15) is 74.0 Å². The van der Waals surface area contributed by atoms with E-state index < -0.39 is 0 Å². The molecule has 2 aliphatic rings. The minimum absolute atomic E-state index is 0.0999. The number of aliphatic hydroxyl groups is 1. The minimum atomic E-state index is -0.0999. The Morgan fingerprint density at radius 1 is 1.00 bits per heavy atom. The molecule has 3 heteroatoms. The minimum Gasteiger partial charge on any atom is -0.393 e. The Hall–Kier alpha value is -0.960. The van der Waals surface area contributed by atoms with Gasteiger partial charge in [-0.25, -0.2) is 9.97 Å². The summed E-state index contributed by atoms with van der Waals surface area (Å²) in [5, 5.41) is 9.58. The third-order valence-corrected chi connectivity index (χ3v) is 4.48. The lowest BCUT2D eigenvalue weighted by molar-refractivity contribution is 0.121. The molecule has 1 heterocycles. The molecule has 1 aromatic heterocycles. The van der Waals surface area contributed by atoms with Gasteiger partial charge in [0.25, 0.3) is 0 Å². The second kappa shape index (κ2) is 4.96. The second-order valence-electron chi connectivity index (χ2n) is 5.93. The molecule has 18 heavy (non-hydrogen) atoms. The lowest BCUT2D eigenvalue weighted by Gasteiger charge is -2.28. The Morgan fingerprint density at radius 3 is 2.33 bits per heavy atom. The summed E-state index contributed by atoms with van der Waals surface area (Å²) in [6.45, 7) is 2.07. The van der Waals surface area contributed by atoms with Crippen LogP contribution in [0.15, 0.2) is 6.07 Å². The number of rotatable bonds is 2. The molecule has 1 N–H and O–H groups in total. The van der Waals surface area contributed by atoms with Gasteiger partial charge in [-0.3, -0.25) is 0 Å². The quantitative estimate of drug-likeness (QED) is 0.872. The van der Waals surface area contributed by atoms with E-state index in [9.17, 15) is 5.11 Å². The third kappa shape index (κ3) is 2.41. The number of hydrogen-bond donors (Lipinski definition) is 1. The van der Waals surface area contributed by atoms with E-state index in [1.54, 1.807) is 0 Å². The molecule has 2 fully saturated rings. The van der Waals surface area contributed by atoms with E-state index in [-0.39, 0.29) is 6.10 Å². The topological polar surface area (TPSA) is 46.0 Å². The Morgan fingerprint density at radius 2 is 1.72 bits per heavy atom. The fourth-order valence-electron chi connectivity index (χ4n) is 3.05. The van der Waals surface area contributed by atoms with Gasteiger partial charge < -0.3 is 5.11 Å². The molecule has 0 saturated heterocycles. The van der Waals surface area contributed by atoms with Gasteiger partial charge in [-0.2, -0.15) is 0 Å². The zero-order valence-corrected chi connectivity index (χ0v) is 11.1. The summed E-state index contributed by atoms with van der Waals surface area (Å²) in [5.74, 6) is 2.18. The van der Waals surface area contributed by atoms with Gasteiger partial charge in [0, 0.05) is 23.2 Å². The summed E-state index contributed by atoms with van der Waals surface area (Å²) in [6, 6.07) is 2.16. The van der Waals surface area contributed by atoms with E-state index >= 15 is 0 Å². The van der Waals surface area contributed by atoms with Crippen LogP contribution in [0.3, 0.4) is 0 Å². The van der Waals surface area contributed by atoms with Crippen molar-refractivity contribution in [2.24, 2.45) is 0 Å². The van der Waals surface area contributed by atoms with Crippen molar-refractivity contribution < 1.29 is 5.11 Å². The molecule has 2 aliphatic carbocycles. The van der Waals surface area contributed by atoms with Crippen LogP contribution in [0.4, 0.5) is 0 Å². The molecule has 0 aromatic carbocycles. The summed E-state index contributed by atoms with van der Waals surface area (Å²) >= 11 is 0. The molecule has 3 nitrogen and oxygen atoms in total. The molecule has 0 unspecified atom stereocenters. The molecule has 0 bridgehead atoms. The molecular weight excluding hydrogens is 224 g/mol. The molecule has 1 aromatic rings. The van der Waals surface area contributed by atoms with Crippen LogP contribution in [-0.4, -0.2) is 21.2 Å². The summed E-state index contributed by atoms with van der Waals surface area (Å²) < 4.78 is 0. The van der Waals surface area contributed by atoms with Gasteiger partial charge >= 0.3 is 0 Å².